The predicted octanol–water partition coefficient (Wildman–Crippen LogP) is 2.36. The van der Waals surface area contributed by atoms with Crippen LogP contribution in [0.5, 0.6) is 0 Å². The summed E-state index contributed by atoms with van der Waals surface area (Å²) in [4.78, 5) is 4.81. The van der Waals surface area contributed by atoms with Gasteiger partial charge in [0.1, 0.15) is 5.82 Å². The van der Waals surface area contributed by atoms with Crippen LogP contribution in [-0.4, -0.2) is 33.9 Å². The van der Waals surface area contributed by atoms with E-state index in [0.717, 1.165) is 29.8 Å². The minimum Gasteiger partial charge on any atom is -0.390 e. The van der Waals surface area contributed by atoms with Gasteiger partial charge in [-0.15, -0.1) is 0 Å². The van der Waals surface area contributed by atoms with Crippen molar-refractivity contribution in [2.45, 2.75) is 45.3 Å². The summed E-state index contributed by atoms with van der Waals surface area (Å²) in [6.07, 6.45) is 0.597. The van der Waals surface area contributed by atoms with Gasteiger partial charge >= 0.3 is 0 Å². The molecule has 1 aliphatic rings. The van der Waals surface area contributed by atoms with E-state index in [1.807, 2.05) is 0 Å². The summed E-state index contributed by atoms with van der Waals surface area (Å²) < 4.78 is 2.27. The zero-order valence-corrected chi connectivity index (χ0v) is 12.4. The molecule has 1 saturated heterocycles. The Labute approximate surface area is 119 Å². The van der Waals surface area contributed by atoms with Gasteiger partial charge in [0.15, 0.2) is 0 Å². The normalized spacial score (nSPS) is 23.6. The molecule has 0 radical (unpaired) electrons. The lowest BCUT2D eigenvalue weighted by Gasteiger charge is -2.31. The lowest BCUT2D eigenvalue weighted by Crippen LogP contribution is -2.42. The van der Waals surface area contributed by atoms with Gasteiger partial charge in [0, 0.05) is 12.5 Å². The van der Waals surface area contributed by atoms with Crippen molar-refractivity contribution in [1.29, 1.82) is 0 Å². The van der Waals surface area contributed by atoms with E-state index in [2.05, 4.69) is 48.9 Å². The first-order valence-electron chi connectivity index (χ1n) is 7.45. The number of benzene rings is 1. The predicted molar refractivity (Wildman–Crippen MR) is 81.1 cm³/mol. The van der Waals surface area contributed by atoms with E-state index >= 15 is 0 Å². The Bertz CT molecular complexity index is 617. The Hall–Kier alpha value is -1.39. The summed E-state index contributed by atoms with van der Waals surface area (Å²) in [6.45, 7) is 8.03. The third-order valence-electron chi connectivity index (χ3n) is 4.13. The van der Waals surface area contributed by atoms with Gasteiger partial charge < -0.3 is 15.0 Å². The average molecular weight is 273 g/mol. The second kappa shape index (κ2) is 5.19. The monoisotopic (exact) mass is 273 g/mol. The number of aromatic nitrogens is 2. The van der Waals surface area contributed by atoms with Crippen LogP contribution < -0.4 is 5.32 Å². The highest BCUT2D eigenvalue weighted by Crippen LogP contribution is 2.30. The number of aliphatic hydroxyl groups excluding tert-OH is 1. The fourth-order valence-corrected chi connectivity index (χ4v) is 3.11. The molecule has 2 atom stereocenters. The summed E-state index contributed by atoms with van der Waals surface area (Å²) in [7, 11) is 0. The van der Waals surface area contributed by atoms with Crippen molar-refractivity contribution >= 4 is 11.0 Å². The van der Waals surface area contributed by atoms with Crippen LogP contribution in [0.15, 0.2) is 18.2 Å². The molecule has 108 valence electrons. The van der Waals surface area contributed by atoms with Gasteiger partial charge in [0.05, 0.1) is 23.2 Å². The number of aliphatic hydroxyl groups is 1. The molecule has 0 bridgehead atoms. The van der Waals surface area contributed by atoms with E-state index in [9.17, 15) is 5.11 Å². The number of aryl methyl sites for hydroxylation is 1. The average Bonchev–Trinajstić information content (AvgIpc) is 2.78. The smallest absolute Gasteiger partial charge is 0.112 e. The molecule has 0 saturated carbocycles. The van der Waals surface area contributed by atoms with E-state index in [1.54, 1.807) is 0 Å². The molecule has 0 unspecified atom stereocenters. The summed E-state index contributed by atoms with van der Waals surface area (Å²) >= 11 is 0. The molecule has 20 heavy (non-hydrogen) atoms. The Balaban J connectivity index is 2.18. The highest BCUT2D eigenvalue weighted by atomic mass is 16.3. The van der Waals surface area contributed by atoms with Crippen molar-refractivity contribution in [3.8, 4) is 0 Å². The highest BCUT2D eigenvalue weighted by molar-refractivity contribution is 5.77. The number of hydrogen-bond donors (Lipinski definition) is 2. The molecule has 2 heterocycles. The van der Waals surface area contributed by atoms with Gasteiger partial charge in [-0.3, -0.25) is 0 Å². The number of imidazole rings is 1. The van der Waals surface area contributed by atoms with Gasteiger partial charge in [0.25, 0.3) is 0 Å². The molecule has 0 aliphatic carbocycles. The molecule has 0 spiro atoms. The van der Waals surface area contributed by atoms with Crippen LogP contribution in [0.3, 0.4) is 0 Å². The molecule has 4 nitrogen and oxygen atoms in total. The second-order valence-corrected chi connectivity index (χ2v) is 6.11. The molecule has 2 aromatic rings. The molecule has 4 heteroatoms. The van der Waals surface area contributed by atoms with Gasteiger partial charge in [-0.25, -0.2) is 4.98 Å². The topological polar surface area (TPSA) is 50.1 Å². The first-order valence-corrected chi connectivity index (χ1v) is 7.45. The maximum atomic E-state index is 10.3. The number of hydrogen-bond acceptors (Lipinski definition) is 3. The SMILES string of the molecule is Cc1ccc2c(c1)nc(C(C)C)n2[C@@H]1CCNC[C@H]1O. The summed E-state index contributed by atoms with van der Waals surface area (Å²) in [6, 6.07) is 6.52. The maximum absolute atomic E-state index is 10.3. The molecule has 1 aromatic heterocycles. The van der Waals surface area contributed by atoms with Crippen molar-refractivity contribution in [2.24, 2.45) is 0 Å². The summed E-state index contributed by atoms with van der Waals surface area (Å²) in [5.41, 5.74) is 3.41. The first-order chi connectivity index (χ1) is 9.58. The maximum Gasteiger partial charge on any atom is 0.112 e. The molecule has 1 aromatic carbocycles. The standard InChI is InChI=1S/C16H23N3O/c1-10(2)16-18-12-8-11(3)4-5-13(12)19(16)14-6-7-17-9-15(14)20/h4-5,8,10,14-15,17,20H,6-7,9H2,1-3H3/t14-,15-/m1/s1. The Kier molecular flexibility index (Phi) is 3.52. The molecular weight excluding hydrogens is 250 g/mol. The van der Waals surface area contributed by atoms with Crippen LogP contribution >= 0.6 is 0 Å². The van der Waals surface area contributed by atoms with Crippen molar-refractivity contribution in [3.05, 3.63) is 29.6 Å². The van der Waals surface area contributed by atoms with Crippen LogP contribution in [0, 0.1) is 6.92 Å². The van der Waals surface area contributed by atoms with Crippen LogP contribution in [0.4, 0.5) is 0 Å². The zero-order valence-electron chi connectivity index (χ0n) is 12.4. The minimum absolute atomic E-state index is 0.126. The zero-order chi connectivity index (χ0) is 14.3. The Morgan fingerprint density at radius 2 is 2.20 bits per heavy atom. The number of piperidine rings is 1. The van der Waals surface area contributed by atoms with E-state index in [-0.39, 0.29) is 12.1 Å². The third kappa shape index (κ3) is 2.23. The van der Waals surface area contributed by atoms with Gasteiger partial charge in [-0.1, -0.05) is 19.9 Å². The molecular formula is C16H23N3O. The lowest BCUT2D eigenvalue weighted by molar-refractivity contribution is 0.0873. The number of fused-ring (bicyclic) bond motifs is 1. The summed E-state index contributed by atoms with van der Waals surface area (Å²) in [5.74, 6) is 1.43. The molecule has 2 N–H and O–H groups in total. The fraction of sp³-hybridized carbons (Fsp3) is 0.562. The van der Waals surface area contributed by atoms with E-state index in [4.69, 9.17) is 4.98 Å². The number of β-amino-alcohol motifs (C(OH)–C–C–N with tert-alkyl or cyclic N) is 1. The van der Waals surface area contributed by atoms with Crippen molar-refractivity contribution in [3.63, 3.8) is 0 Å². The van der Waals surface area contributed by atoms with Crippen LogP contribution in [0.1, 0.15) is 43.6 Å². The Morgan fingerprint density at radius 1 is 1.40 bits per heavy atom. The summed E-state index contributed by atoms with van der Waals surface area (Å²) in [5, 5.41) is 13.6. The Morgan fingerprint density at radius 3 is 2.90 bits per heavy atom. The molecule has 0 amide bonds. The molecule has 1 aliphatic heterocycles. The third-order valence-corrected chi connectivity index (χ3v) is 4.13. The van der Waals surface area contributed by atoms with Crippen molar-refractivity contribution < 1.29 is 5.11 Å². The van der Waals surface area contributed by atoms with Crippen LogP contribution in [0.2, 0.25) is 0 Å². The van der Waals surface area contributed by atoms with Crippen molar-refractivity contribution in [1.82, 2.24) is 14.9 Å². The van der Waals surface area contributed by atoms with Gasteiger partial charge in [0.2, 0.25) is 0 Å². The van der Waals surface area contributed by atoms with E-state index < -0.39 is 0 Å². The minimum atomic E-state index is -0.347. The number of rotatable bonds is 2. The quantitative estimate of drug-likeness (QED) is 0.883. The van der Waals surface area contributed by atoms with Crippen LogP contribution in [-0.2, 0) is 0 Å². The molecule has 3 rings (SSSR count). The number of nitrogens with zero attached hydrogens (tertiary/aromatic N) is 2. The van der Waals surface area contributed by atoms with E-state index in [0.29, 0.717) is 12.5 Å². The second-order valence-electron chi connectivity index (χ2n) is 6.11. The van der Waals surface area contributed by atoms with Gasteiger partial charge in [-0.2, -0.15) is 0 Å². The van der Waals surface area contributed by atoms with E-state index in [1.165, 1.54) is 5.56 Å². The lowest BCUT2D eigenvalue weighted by atomic mass is 10.0. The first kappa shape index (κ1) is 13.6. The molecule has 1 fully saturated rings. The number of nitrogens with one attached hydrogen (secondary N) is 1. The fourth-order valence-electron chi connectivity index (χ4n) is 3.11. The largest absolute Gasteiger partial charge is 0.390 e. The van der Waals surface area contributed by atoms with Crippen LogP contribution in [0.25, 0.3) is 11.0 Å². The van der Waals surface area contributed by atoms with Crippen molar-refractivity contribution in [2.75, 3.05) is 13.1 Å². The highest BCUT2D eigenvalue weighted by Gasteiger charge is 2.28. The van der Waals surface area contributed by atoms with Gasteiger partial charge in [-0.05, 0) is 37.6 Å².